The molecule has 1 rings (SSSR count). The first kappa shape index (κ1) is 14.0. The zero-order chi connectivity index (χ0) is 13.1. The molecule has 1 aliphatic heterocycles. The van der Waals surface area contributed by atoms with Crippen LogP contribution in [-0.2, 0) is 9.59 Å². The fraction of sp³-hybridized carbons (Fsp3) is 0.833. The molecule has 0 spiro atoms. The van der Waals surface area contributed by atoms with Gasteiger partial charge >= 0.3 is 5.97 Å². The molecule has 1 saturated heterocycles. The second-order valence-corrected chi connectivity index (χ2v) is 5.21. The van der Waals surface area contributed by atoms with Crippen molar-refractivity contribution >= 4 is 11.9 Å². The number of nitrogens with zero attached hydrogens (tertiary/aromatic N) is 1. The Bertz CT molecular complexity index is 296. The summed E-state index contributed by atoms with van der Waals surface area (Å²) in [6, 6.07) is 0. The number of nitrogens with one attached hydrogen (secondary N) is 1. The minimum atomic E-state index is -1.13. The van der Waals surface area contributed by atoms with Crippen LogP contribution in [-0.4, -0.2) is 47.6 Å². The molecule has 0 aromatic carbocycles. The number of rotatable bonds is 4. The highest BCUT2D eigenvalue weighted by Gasteiger charge is 2.35. The average Bonchev–Trinajstić information content (AvgIpc) is 2.29. The van der Waals surface area contributed by atoms with E-state index in [1.54, 1.807) is 20.9 Å². The highest BCUT2D eigenvalue weighted by Crippen LogP contribution is 2.20. The van der Waals surface area contributed by atoms with Gasteiger partial charge in [0.1, 0.15) is 5.54 Å². The number of hydrogen-bond acceptors (Lipinski definition) is 3. The fourth-order valence-corrected chi connectivity index (χ4v) is 1.92. The van der Waals surface area contributed by atoms with Gasteiger partial charge < -0.3 is 15.3 Å². The maximum atomic E-state index is 12.0. The lowest BCUT2D eigenvalue weighted by Gasteiger charge is -2.33. The van der Waals surface area contributed by atoms with E-state index in [9.17, 15) is 9.59 Å². The first-order valence-electron chi connectivity index (χ1n) is 6.06. The van der Waals surface area contributed by atoms with Crippen molar-refractivity contribution in [1.82, 2.24) is 10.2 Å². The number of carbonyl (C=O) groups excluding carboxylic acids is 1. The second-order valence-electron chi connectivity index (χ2n) is 5.21. The lowest BCUT2D eigenvalue weighted by atomic mass is 9.93. The molecular weight excluding hydrogens is 220 g/mol. The van der Waals surface area contributed by atoms with E-state index >= 15 is 0 Å². The van der Waals surface area contributed by atoms with Gasteiger partial charge in [-0.05, 0) is 45.7 Å². The van der Waals surface area contributed by atoms with Gasteiger partial charge in [-0.3, -0.25) is 4.79 Å². The van der Waals surface area contributed by atoms with Gasteiger partial charge in [0.05, 0.1) is 0 Å². The van der Waals surface area contributed by atoms with E-state index in [0.29, 0.717) is 12.3 Å². The SMILES string of the molecule is CN(C(=O)CC1CCNCC1)C(C)(C)C(=O)O. The Labute approximate surface area is 102 Å². The predicted octanol–water partition coefficient (Wildman–Crippen LogP) is 0.698. The van der Waals surface area contributed by atoms with E-state index in [1.165, 1.54) is 4.90 Å². The Hall–Kier alpha value is -1.10. The quantitative estimate of drug-likeness (QED) is 0.761. The molecule has 1 aliphatic rings. The molecule has 0 unspecified atom stereocenters. The molecule has 0 aliphatic carbocycles. The maximum absolute atomic E-state index is 12.0. The van der Waals surface area contributed by atoms with Crippen LogP contribution in [0.25, 0.3) is 0 Å². The molecule has 1 heterocycles. The van der Waals surface area contributed by atoms with Crippen LogP contribution in [0.2, 0.25) is 0 Å². The molecule has 0 aromatic rings. The van der Waals surface area contributed by atoms with Gasteiger partial charge in [0, 0.05) is 13.5 Å². The van der Waals surface area contributed by atoms with Crippen LogP contribution in [0.1, 0.15) is 33.1 Å². The lowest BCUT2D eigenvalue weighted by Crippen LogP contribution is -2.51. The van der Waals surface area contributed by atoms with E-state index in [2.05, 4.69) is 5.32 Å². The third-order valence-electron chi connectivity index (χ3n) is 3.66. The first-order valence-corrected chi connectivity index (χ1v) is 6.06. The van der Waals surface area contributed by atoms with Crippen LogP contribution in [0.3, 0.4) is 0 Å². The number of carboxylic acids is 1. The van der Waals surface area contributed by atoms with Crippen LogP contribution >= 0.6 is 0 Å². The van der Waals surface area contributed by atoms with Crippen molar-refractivity contribution in [3.63, 3.8) is 0 Å². The largest absolute Gasteiger partial charge is 0.480 e. The standard InChI is InChI=1S/C12H22N2O3/c1-12(2,11(16)17)14(3)10(15)8-9-4-6-13-7-5-9/h9,13H,4-8H2,1-3H3,(H,16,17). The Kier molecular flexibility index (Phi) is 4.51. The average molecular weight is 242 g/mol. The van der Waals surface area contributed by atoms with Gasteiger partial charge in [-0.15, -0.1) is 0 Å². The summed E-state index contributed by atoms with van der Waals surface area (Å²) in [5.41, 5.74) is -1.13. The summed E-state index contributed by atoms with van der Waals surface area (Å²) < 4.78 is 0. The third kappa shape index (κ3) is 3.43. The Morgan fingerprint density at radius 2 is 1.88 bits per heavy atom. The van der Waals surface area contributed by atoms with Crippen LogP contribution in [0, 0.1) is 5.92 Å². The molecule has 17 heavy (non-hydrogen) atoms. The second kappa shape index (κ2) is 5.49. The maximum Gasteiger partial charge on any atom is 0.329 e. The molecule has 0 saturated carbocycles. The van der Waals surface area contributed by atoms with E-state index in [1.807, 2.05) is 0 Å². The molecule has 0 aromatic heterocycles. The van der Waals surface area contributed by atoms with Crippen molar-refractivity contribution in [2.24, 2.45) is 5.92 Å². The highest BCUT2D eigenvalue weighted by molar-refractivity contribution is 5.86. The van der Waals surface area contributed by atoms with Gasteiger partial charge in [-0.1, -0.05) is 0 Å². The topological polar surface area (TPSA) is 69.6 Å². The molecule has 0 radical (unpaired) electrons. The van der Waals surface area contributed by atoms with E-state index in [4.69, 9.17) is 5.11 Å². The number of piperidine rings is 1. The van der Waals surface area contributed by atoms with Crippen molar-refractivity contribution in [1.29, 1.82) is 0 Å². The molecule has 5 nitrogen and oxygen atoms in total. The summed E-state index contributed by atoms with van der Waals surface area (Å²) >= 11 is 0. The van der Waals surface area contributed by atoms with Crippen LogP contribution < -0.4 is 5.32 Å². The van der Waals surface area contributed by atoms with Crippen LogP contribution in [0.15, 0.2) is 0 Å². The Morgan fingerprint density at radius 1 is 1.35 bits per heavy atom. The van der Waals surface area contributed by atoms with E-state index in [-0.39, 0.29) is 5.91 Å². The highest BCUT2D eigenvalue weighted by atomic mass is 16.4. The number of carboxylic acid groups (broad SMARTS) is 1. The summed E-state index contributed by atoms with van der Waals surface area (Å²) in [4.78, 5) is 24.4. The predicted molar refractivity (Wildman–Crippen MR) is 64.7 cm³/mol. The lowest BCUT2D eigenvalue weighted by molar-refractivity contribution is -0.155. The zero-order valence-corrected chi connectivity index (χ0v) is 10.8. The molecule has 0 atom stereocenters. The number of aliphatic carboxylic acids is 1. The number of likely N-dealkylation sites (N-methyl/N-ethyl adjacent to an activating group) is 1. The summed E-state index contributed by atoms with van der Waals surface area (Å²) in [5.74, 6) is -0.668. The third-order valence-corrected chi connectivity index (χ3v) is 3.66. The molecule has 1 amide bonds. The monoisotopic (exact) mass is 242 g/mol. The van der Waals surface area contributed by atoms with Crippen LogP contribution in [0.5, 0.6) is 0 Å². The van der Waals surface area contributed by atoms with Crippen LogP contribution in [0.4, 0.5) is 0 Å². The zero-order valence-electron chi connectivity index (χ0n) is 10.8. The number of amides is 1. The molecule has 0 bridgehead atoms. The summed E-state index contributed by atoms with van der Waals surface area (Å²) in [6.07, 6.45) is 2.44. The van der Waals surface area contributed by atoms with Crippen molar-refractivity contribution in [3.8, 4) is 0 Å². The summed E-state index contributed by atoms with van der Waals surface area (Å²) in [7, 11) is 1.57. The fourth-order valence-electron chi connectivity index (χ4n) is 1.92. The van der Waals surface area contributed by atoms with Gasteiger partial charge in [-0.25, -0.2) is 4.79 Å². The van der Waals surface area contributed by atoms with Crippen molar-refractivity contribution in [2.75, 3.05) is 20.1 Å². The molecule has 98 valence electrons. The smallest absolute Gasteiger partial charge is 0.329 e. The van der Waals surface area contributed by atoms with Crippen molar-refractivity contribution in [2.45, 2.75) is 38.6 Å². The molecule has 5 heteroatoms. The van der Waals surface area contributed by atoms with E-state index in [0.717, 1.165) is 25.9 Å². The van der Waals surface area contributed by atoms with Gasteiger partial charge in [0.2, 0.25) is 5.91 Å². The number of carbonyl (C=O) groups is 2. The first-order chi connectivity index (χ1) is 7.85. The van der Waals surface area contributed by atoms with Gasteiger partial charge in [0.25, 0.3) is 0 Å². The minimum Gasteiger partial charge on any atom is -0.480 e. The molecular formula is C12H22N2O3. The number of hydrogen-bond donors (Lipinski definition) is 2. The molecule has 2 N–H and O–H groups in total. The normalized spacial score (nSPS) is 17.8. The van der Waals surface area contributed by atoms with Gasteiger partial charge in [-0.2, -0.15) is 0 Å². The summed E-state index contributed by atoms with van der Waals surface area (Å²) in [6.45, 7) is 5.00. The Balaban J connectivity index is 2.54. The summed E-state index contributed by atoms with van der Waals surface area (Å²) in [5, 5.41) is 12.3. The van der Waals surface area contributed by atoms with E-state index < -0.39 is 11.5 Å². The van der Waals surface area contributed by atoms with Crippen molar-refractivity contribution < 1.29 is 14.7 Å². The molecule has 1 fully saturated rings. The Morgan fingerprint density at radius 3 is 2.35 bits per heavy atom. The van der Waals surface area contributed by atoms with Gasteiger partial charge in [0.15, 0.2) is 0 Å². The minimum absolute atomic E-state index is 0.0794. The van der Waals surface area contributed by atoms with Crippen molar-refractivity contribution in [3.05, 3.63) is 0 Å².